The summed E-state index contributed by atoms with van der Waals surface area (Å²) in [5.74, 6) is 0.0935. The van der Waals surface area contributed by atoms with Crippen molar-refractivity contribution in [2.24, 2.45) is 0 Å². The largest absolute Gasteiger partial charge is 0.611 e. The number of aromatic nitrogens is 3. The summed E-state index contributed by atoms with van der Waals surface area (Å²) in [5.41, 5.74) is -0.538. The first-order valence-electron chi connectivity index (χ1n) is 11.4. The Kier molecular flexibility index (Phi) is 7.62. The molecule has 0 aliphatic carbocycles. The Morgan fingerprint density at radius 1 is 1.33 bits per heavy atom. The summed E-state index contributed by atoms with van der Waals surface area (Å²) in [6.07, 6.45) is -1.49. The van der Waals surface area contributed by atoms with E-state index in [9.17, 15) is 22.5 Å². The number of ether oxygens (including phenoxy) is 1. The van der Waals surface area contributed by atoms with Gasteiger partial charge in [0.15, 0.2) is 0 Å². The summed E-state index contributed by atoms with van der Waals surface area (Å²) in [4.78, 5) is 23.3. The first kappa shape index (κ1) is 26.0. The van der Waals surface area contributed by atoms with Crippen LogP contribution in [0, 0.1) is 0 Å². The summed E-state index contributed by atoms with van der Waals surface area (Å²) in [6, 6.07) is 3.04. The van der Waals surface area contributed by atoms with E-state index >= 15 is 0 Å². The van der Waals surface area contributed by atoms with E-state index in [2.05, 4.69) is 35.6 Å². The lowest BCUT2D eigenvalue weighted by atomic mass is 10.1. The zero-order valence-corrected chi connectivity index (χ0v) is 20.8. The van der Waals surface area contributed by atoms with E-state index in [1.54, 1.807) is 19.9 Å². The molecule has 4 rings (SSSR count). The number of nitrogens with one attached hydrogen (secondary N) is 4. The van der Waals surface area contributed by atoms with Crippen LogP contribution in [0.15, 0.2) is 29.4 Å². The number of halogens is 3. The molecule has 4 N–H and O–H groups in total. The number of methoxy groups -OCH3 is 1. The molecule has 1 aliphatic heterocycles. The fourth-order valence-corrected chi connectivity index (χ4v) is 5.27. The predicted octanol–water partition coefficient (Wildman–Crippen LogP) is 4.50. The minimum Gasteiger partial charge on any atom is -0.611 e. The fourth-order valence-electron chi connectivity index (χ4n) is 4.09. The molecular weight excluding hydrogens is 497 g/mol. The zero-order valence-electron chi connectivity index (χ0n) is 20.0. The van der Waals surface area contributed by atoms with Crippen molar-refractivity contribution in [1.29, 1.82) is 0 Å². The van der Waals surface area contributed by atoms with Crippen LogP contribution >= 0.6 is 0 Å². The molecule has 0 saturated carbocycles. The minimum absolute atomic E-state index is 0.00155. The van der Waals surface area contributed by atoms with E-state index in [1.165, 1.54) is 19.4 Å². The van der Waals surface area contributed by atoms with Gasteiger partial charge in [-0.1, -0.05) is 0 Å². The summed E-state index contributed by atoms with van der Waals surface area (Å²) in [5, 5.41) is 8.94. The fraction of sp³-hybridized carbons (Fsp3) is 0.435. The number of alkyl halides is 3. The maximum atomic E-state index is 14.0. The van der Waals surface area contributed by atoms with Crippen LogP contribution in [0.25, 0.3) is 22.2 Å². The molecule has 3 aromatic rings. The van der Waals surface area contributed by atoms with Crippen molar-refractivity contribution in [3.8, 4) is 11.3 Å². The quantitative estimate of drug-likeness (QED) is 0.350. The second-order valence-electron chi connectivity index (χ2n) is 8.67. The third-order valence-electron chi connectivity index (χ3n) is 5.84. The smallest absolute Gasteiger partial charge is 0.419 e. The van der Waals surface area contributed by atoms with E-state index in [-0.39, 0.29) is 39.1 Å². The molecule has 0 radical (unpaired) electrons. The summed E-state index contributed by atoms with van der Waals surface area (Å²) in [6.45, 7) is 5.03. The Hall–Kier alpha value is -3.03. The second kappa shape index (κ2) is 10.5. The highest BCUT2D eigenvalue weighted by Crippen LogP contribution is 2.41. The number of fused-ring (bicyclic) bond motifs is 1. The van der Waals surface area contributed by atoms with Crippen molar-refractivity contribution in [1.82, 2.24) is 20.3 Å². The van der Waals surface area contributed by atoms with Gasteiger partial charge in [0.1, 0.15) is 22.0 Å². The molecule has 0 bridgehead atoms. The summed E-state index contributed by atoms with van der Waals surface area (Å²) < 4.78 is 59.7. The SMILES string of the molecule is COC(=O)Nc1ccc2c(-c3nc(N[C@H]4CCCNC4)ncc3C(F)(F)F)c[nH]c2c1[S+]([O-])C(C)C. The van der Waals surface area contributed by atoms with Gasteiger partial charge in [0.2, 0.25) is 10.8 Å². The molecule has 36 heavy (non-hydrogen) atoms. The number of amides is 1. The molecule has 1 aromatic carbocycles. The van der Waals surface area contributed by atoms with Gasteiger partial charge in [0.05, 0.1) is 12.8 Å². The van der Waals surface area contributed by atoms with Gasteiger partial charge < -0.3 is 24.9 Å². The molecule has 1 saturated heterocycles. The standard InChI is InChI=1S/C23H27F3N6O3S/c1-12(2)36(34)20-17(31-22(33)35-3)7-6-14-15(10-28-19(14)20)18-16(23(24,25)26)11-29-21(32-18)30-13-5-4-8-27-9-13/h6-7,10-13,27-28H,4-5,8-9H2,1-3H3,(H,31,33)(H,29,30,32)/t13-,36?/m0/s1. The average Bonchev–Trinajstić information content (AvgIpc) is 3.27. The van der Waals surface area contributed by atoms with Crippen LogP contribution in [0.5, 0.6) is 0 Å². The van der Waals surface area contributed by atoms with Crippen molar-refractivity contribution in [2.75, 3.05) is 30.8 Å². The molecule has 13 heteroatoms. The number of piperidine rings is 1. The molecule has 2 atom stereocenters. The number of carbonyl (C=O) groups excluding carboxylic acids is 1. The highest BCUT2D eigenvalue weighted by Gasteiger charge is 2.37. The Morgan fingerprint density at radius 2 is 2.11 bits per heavy atom. The van der Waals surface area contributed by atoms with Crippen LogP contribution in [0.2, 0.25) is 0 Å². The van der Waals surface area contributed by atoms with Crippen LogP contribution in [-0.2, 0) is 22.1 Å². The first-order chi connectivity index (χ1) is 17.1. The Balaban J connectivity index is 1.85. The lowest BCUT2D eigenvalue weighted by molar-refractivity contribution is -0.137. The van der Waals surface area contributed by atoms with E-state index in [0.717, 1.165) is 25.6 Å². The molecule has 1 aliphatic rings. The topological polar surface area (TPSA) is 127 Å². The van der Waals surface area contributed by atoms with Crippen LogP contribution in [-0.4, -0.2) is 57.1 Å². The summed E-state index contributed by atoms with van der Waals surface area (Å²) >= 11 is -1.59. The van der Waals surface area contributed by atoms with Gasteiger partial charge >= 0.3 is 12.3 Å². The van der Waals surface area contributed by atoms with Gasteiger partial charge in [-0.15, -0.1) is 0 Å². The Morgan fingerprint density at radius 3 is 2.75 bits per heavy atom. The van der Waals surface area contributed by atoms with Crippen LogP contribution in [0.3, 0.4) is 0 Å². The zero-order chi connectivity index (χ0) is 26.0. The van der Waals surface area contributed by atoms with E-state index in [0.29, 0.717) is 17.4 Å². The lowest BCUT2D eigenvalue weighted by Crippen LogP contribution is -2.38. The van der Waals surface area contributed by atoms with E-state index in [1.807, 2.05) is 0 Å². The number of aromatic amines is 1. The molecular formula is C23H27F3N6O3S. The lowest BCUT2D eigenvalue weighted by Gasteiger charge is -2.24. The molecule has 194 valence electrons. The van der Waals surface area contributed by atoms with Crippen LogP contribution < -0.4 is 16.0 Å². The molecule has 1 amide bonds. The first-order valence-corrected chi connectivity index (χ1v) is 12.6. The average molecular weight is 525 g/mol. The normalized spacial score (nSPS) is 17.3. The second-order valence-corrected chi connectivity index (χ2v) is 10.6. The maximum absolute atomic E-state index is 14.0. The van der Waals surface area contributed by atoms with Crippen molar-refractivity contribution >= 4 is 39.8 Å². The molecule has 1 unspecified atom stereocenters. The van der Waals surface area contributed by atoms with Gasteiger partial charge in [0.25, 0.3) is 0 Å². The predicted molar refractivity (Wildman–Crippen MR) is 131 cm³/mol. The number of H-pyrrole nitrogens is 1. The Labute approximate surface area is 208 Å². The third-order valence-corrected chi connectivity index (χ3v) is 7.52. The highest BCUT2D eigenvalue weighted by molar-refractivity contribution is 7.92. The van der Waals surface area contributed by atoms with Gasteiger partial charge in [-0.25, -0.2) is 14.8 Å². The van der Waals surface area contributed by atoms with Gasteiger partial charge in [-0.3, -0.25) is 5.32 Å². The molecule has 9 nitrogen and oxygen atoms in total. The number of hydrogen-bond donors (Lipinski definition) is 4. The third kappa shape index (κ3) is 5.37. The van der Waals surface area contributed by atoms with Gasteiger partial charge in [-0.2, -0.15) is 13.2 Å². The molecule has 1 fully saturated rings. The molecule has 0 spiro atoms. The number of anilines is 2. The van der Waals surface area contributed by atoms with Crippen molar-refractivity contribution in [3.05, 3.63) is 30.1 Å². The van der Waals surface area contributed by atoms with Gasteiger partial charge in [0, 0.05) is 35.9 Å². The monoisotopic (exact) mass is 524 g/mol. The summed E-state index contributed by atoms with van der Waals surface area (Å²) in [7, 11) is 1.20. The number of nitrogens with zero attached hydrogens (tertiary/aromatic N) is 2. The molecule has 3 heterocycles. The minimum atomic E-state index is -4.69. The highest BCUT2D eigenvalue weighted by atomic mass is 32.2. The van der Waals surface area contributed by atoms with Crippen molar-refractivity contribution in [3.63, 3.8) is 0 Å². The number of benzene rings is 1. The number of rotatable bonds is 6. The van der Waals surface area contributed by atoms with Crippen molar-refractivity contribution < 1.29 is 27.3 Å². The molecule has 2 aromatic heterocycles. The number of carbonyl (C=O) groups is 1. The van der Waals surface area contributed by atoms with Gasteiger partial charge in [-0.05, 0) is 56.5 Å². The van der Waals surface area contributed by atoms with Crippen molar-refractivity contribution in [2.45, 2.75) is 49.1 Å². The van der Waals surface area contributed by atoms with E-state index in [4.69, 9.17) is 0 Å². The Bertz CT molecular complexity index is 1240. The van der Waals surface area contributed by atoms with Crippen LogP contribution in [0.1, 0.15) is 32.3 Å². The number of hydrogen-bond acceptors (Lipinski definition) is 7. The van der Waals surface area contributed by atoms with Crippen LogP contribution in [0.4, 0.5) is 29.6 Å². The maximum Gasteiger partial charge on any atom is 0.419 e. The van der Waals surface area contributed by atoms with E-state index < -0.39 is 29.0 Å².